The molecule has 3 aliphatic rings. The Labute approximate surface area is 830 Å². The van der Waals surface area contributed by atoms with Crippen LogP contribution >= 0.6 is 0 Å². The van der Waals surface area contributed by atoms with Crippen LogP contribution in [-0.2, 0) is 0 Å². The number of fused-ring (bicyclic) bond motifs is 18. The molecule has 3 nitrogen and oxygen atoms in total. The van der Waals surface area contributed by atoms with E-state index < -0.39 is 0 Å². The standard InChI is InChI=1S/C47H35N.2C46H33N/c1-31(2)35-14-9-15-42(25-35)48(41-21-18-34(19-22-41)32-10-5-3-6-11-32)43-23-20-38-28-45-46-29-39-24-36(33-12-7-4-8-13-33)16-17-37(39)27-44(46)47(45)30-40(38)26-43;1-30-13-19-41(23-31(30)2)47(40-20-16-34(17-21-40)32-9-5-3-6-10-32)42-22-18-37-27-44-45-28-38-24-35(33-11-7-4-8-12-33)14-15-36(38)26-43(45)46(44)29-39(37)25-42;1-30-21-31(2)23-42(22-30)47(40-18-15-34(16-19-40)32-9-5-3-6-10-32)41-20-17-37-27-44-45-28-38-24-35(33-11-7-4-8-12-33)13-14-36(38)26-43(45)46(44)29-39(37)25-41/h3-31H,1-2H3;2*3-29H,1-2H3. The van der Waals surface area contributed by atoms with Crippen LogP contribution in [0.4, 0.5) is 51.2 Å². The van der Waals surface area contributed by atoms with Gasteiger partial charge in [0.25, 0.3) is 0 Å². The molecule has 0 radical (unpaired) electrons. The Balaban J connectivity index is 0.000000112. The minimum absolute atomic E-state index is 0.448. The van der Waals surface area contributed by atoms with Crippen molar-refractivity contribution in [3.8, 4) is 134 Å². The lowest BCUT2D eigenvalue weighted by molar-refractivity contribution is 0.866. The average Bonchev–Trinajstić information content (AvgIpc) is 0.722. The van der Waals surface area contributed by atoms with Crippen molar-refractivity contribution in [1.29, 1.82) is 0 Å². The lowest BCUT2D eigenvalue weighted by atomic mass is 9.77. The summed E-state index contributed by atoms with van der Waals surface area (Å²) in [5.74, 6) is 0.448. The molecule has 0 aromatic heterocycles. The third-order valence-electron chi connectivity index (χ3n) is 29.4. The molecule has 0 N–H and O–H groups in total. The Kier molecular flexibility index (Phi) is 21.8. The first-order chi connectivity index (χ1) is 69.7. The molecule has 3 aliphatic carbocycles. The van der Waals surface area contributed by atoms with Crippen molar-refractivity contribution in [2.75, 3.05) is 14.7 Å². The fraction of sp³-hybridized carbons (Fsp3) is 0.0504. The first-order valence-electron chi connectivity index (χ1n) is 49.5. The fourth-order valence-electron chi connectivity index (χ4n) is 21.7. The van der Waals surface area contributed by atoms with Gasteiger partial charge in [-0.1, -0.05) is 311 Å². The Bertz CT molecular complexity index is 9020. The molecule has 3 heteroatoms. The number of aryl methyl sites for hydroxylation is 4. The first kappa shape index (κ1) is 85.9. The van der Waals surface area contributed by atoms with Gasteiger partial charge in [-0.15, -0.1) is 0 Å². The van der Waals surface area contributed by atoms with Crippen molar-refractivity contribution in [2.45, 2.75) is 47.5 Å². The van der Waals surface area contributed by atoms with E-state index in [1.165, 1.54) is 237 Å². The SMILES string of the molecule is CC(C)c1cccc(N(c2ccc(-c3ccccc3)cc2)c2ccc3cc4c(cc3c2)-c2cc3ccc(-c5ccccc5)cc3cc2-4)c1.Cc1cc(C)cc(N(c2ccc(-c3ccccc3)cc2)c2ccc3cc4c(cc3c2)-c2cc3ccc(-c5ccccc5)cc3cc2-4)c1.Cc1ccc(N(c2ccc(-c3ccccc3)cc2)c2ccc3cc4c(cc3c2)-c2cc3ccc(-c5ccccc5)cc3cc2-4)cc1C. The summed E-state index contributed by atoms with van der Waals surface area (Å²) in [5.41, 5.74) is 47.8. The molecule has 672 valence electrons. The van der Waals surface area contributed by atoms with Crippen molar-refractivity contribution in [2.24, 2.45) is 0 Å². The Morgan fingerprint density at radius 3 is 0.634 bits per heavy atom. The minimum atomic E-state index is 0.448. The molecule has 142 heavy (non-hydrogen) atoms. The summed E-state index contributed by atoms with van der Waals surface area (Å²) in [6, 6.07) is 183. The van der Waals surface area contributed by atoms with E-state index in [1.54, 1.807) is 0 Å². The smallest absolute Gasteiger partial charge is 0.0468 e. The topological polar surface area (TPSA) is 9.72 Å². The molecule has 0 saturated carbocycles. The highest BCUT2D eigenvalue weighted by Gasteiger charge is 2.30. The number of benzene rings is 24. The number of rotatable bonds is 16. The van der Waals surface area contributed by atoms with E-state index in [4.69, 9.17) is 0 Å². The van der Waals surface area contributed by atoms with Gasteiger partial charge < -0.3 is 14.7 Å². The second kappa shape index (κ2) is 36.0. The largest absolute Gasteiger partial charge is 0.310 e. The third kappa shape index (κ3) is 16.2. The lowest BCUT2D eigenvalue weighted by Gasteiger charge is -2.28. The minimum Gasteiger partial charge on any atom is -0.310 e. The maximum absolute atomic E-state index is 2.39. The van der Waals surface area contributed by atoms with E-state index in [0.29, 0.717) is 5.92 Å². The van der Waals surface area contributed by atoms with Crippen LogP contribution in [0, 0.1) is 27.7 Å². The summed E-state index contributed by atoms with van der Waals surface area (Å²) in [7, 11) is 0. The van der Waals surface area contributed by atoms with E-state index in [1.807, 2.05) is 0 Å². The molecule has 0 aliphatic heterocycles. The van der Waals surface area contributed by atoms with Gasteiger partial charge in [0.05, 0.1) is 0 Å². The third-order valence-corrected chi connectivity index (χ3v) is 29.4. The van der Waals surface area contributed by atoms with Gasteiger partial charge in [-0.25, -0.2) is 0 Å². The quantitative estimate of drug-likeness (QED) is 0.0955. The van der Waals surface area contributed by atoms with E-state index >= 15 is 0 Å². The zero-order valence-electron chi connectivity index (χ0n) is 80.3. The zero-order valence-corrected chi connectivity index (χ0v) is 80.3. The molecule has 0 amide bonds. The highest BCUT2D eigenvalue weighted by Crippen LogP contribution is 2.56. The van der Waals surface area contributed by atoms with E-state index in [-0.39, 0.29) is 0 Å². The van der Waals surface area contributed by atoms with Crippen LogP contribution in [-0.4, -0.2) is 0 Å². The highest BCUT2D eigenvalue weighted by molar-refractivity contribution is 6.16. The first-order valence-corrected chi connectivity index (χ1v) is 49.5. The Morgan fingerprint density at radius 1 is 0.134 bits per heavy atom. The Hall–Kier alpha value is -17.8. The van der Waals surface area contributed by atoms with Crippen LogP contribution in [0.5, 0.6) is 0 Å². The van der Waals surface area contributed by atoms with E-state index in [2.05, 4.69) is 554 Å². The van der Waals surface area contributed by atoms with Crippen molar-refractivity contribution < 1.29 is 0 Å². The number of hydrogen-bond acceptors (Lipinski definition) is 3. The summed E-state index contributed by atoms with van der Waals surface area (Å²) in [4.78, 5) is 7.16. The number of hydrogen-bond donors (Lipinski definition) is 0. The zero-order chi connectivity index (χ0) is 95.2. The van der Waals surface area contributed by atoms with Gasteiger partial charge in [0.2, 0.25) is 0 Å². The molecule has 0 atom stereocenters. The van der Waals surface area contributed by atoms with Gasteiger partial charge in [-0.3, -0.25) is 0 Å². The van der Waals surface area contributed by atoms with Crippen LogP contribution in [0.2, 0.25) is 0 Å². The molecule has 0 unspecified atom stereocenters. The van der Waals surface area contributed by atoms with Crippen LogP contribution in [0.15, 0.2) is 497 Å². The second-order valence-corrected chi connectivity index (χ2v) is 38.9. The van der Waals surface area contributed by atoms with Gasteiger partial charge in [-0.2, -0.15) is 0 Å². The molecular formula is C139H101N3. The van der Waals surface area contributed by atoms with Gasteiger partial charge in [-0.05, 0) is 460 Å². The molecule has 0 bridgehead atoms. The van der Waals surface area contributed by atoms with Crippen molar-refractivity contribution in [1.82, 2.24) is 0 Å². The second-order valence-electron chi connectivity index (χ2n) is 38.9. The Morgan fingerprint density at radius 2 is 0.352 bits per heavy atom. The van der Waals surface area contributed by atoms with Crippen LogP contribution in [0.25, 0.3) is 198 Å². The molecule has 0 heterocycles. The maximum atomic E-state index is 2.39. The monoisotopic (exact) mass is 1810 g/mol. The van der Waals surface area contributed by atoms with E-state index in [9.17, 15) is 0 Å². The predicted molar refractivity (Wildman–Crippen MR) is 607 cm³/mol. The number of nitrogens with zero attached hydrogens (tertiary/aromatic N) is 3. The normalized spacial score (nSPS) is 11.7. The van der Waals surface area contributed by atoms with Gasteiger partial charge in [0.15, 0.2) is 0 Å². The van der Waals surface area contributed by atoms with Gasteiger partial charge in [0.1, 0.15) is 0 Å². The average molecular weight is 1810 g/mol. The molecule has 0 fully saturated rings. The molecule has 24 aromatic carbocycles. The van der Waals surface area contributed by atoms with Crippen molar-refractivity contribution >= 4 is 116 Å². The summed E-state index contributed by atoms with van der Waals surface area (Å²) >= 11 is 0. The van der Waals surface area contributed by atoms with Crippen LogP contribution in [0.1, 0.15) is 47.6 Å². The van der Waals surface area contributed by atoms with E-state index in [0.717, 1.165) is 39.8 Å². The van der Waals surface area contributed by atoms with Gasteiger partial charge >= 0.3 is 0 Å². The summed E-state index contributed by atoms with van der Waals surface area (Å²) in [5, 5.41) is 15.2. The van der Waals surface area contributed by atoms with Crippen molar-refractivity contribution in [3.05, 3.63) is 525 Å². The predicted octanol–water partition coefficient (Wildman–Crippen LogP) is 39.7. The molecular weight excluding hydrogens is 1710 g/mol. The van der Waals surface area contributed by atoms with Crippen LogP contribution < -0.4 is 14.7 Å². The van der Waals surface area contributed by atoms with Crippen LogP contribution in [0.3, 0.4) is 0 Å². The molecule has 27 rings (SSSR count). The molecule has 0 saturated heterocycles. The maximum Gasteiger partial charge on any atom is 0.0468 e. The molecule has 0 spiro atoms. The van der Waals surface area contributed by atoms with Crippen molar-refractivity contribution in [3.63, 3.8) is 0 Å². The summed E-state index contributed by atoms with van der Waals surface area (Å²) in [6.45, 7) is 13.2. The lowest BCUT2D eigenvalue weighted by Crippen LogP contribution is -2.10. The molecule has 24 aromatic rings. The number of anilines is 9. The highest BCUT2D eigenvalue weighted by atomic mass is 15.2. The summed E-state index contributed by atoms with van der Waals surface area (Å²) in [6.07, 6.45) is 0. The fourth-order valence-corrected chi connectivity index (χ4v) is 21.7. The summed E-state index contributed by atoms with van der Waals surface area (Å²) < 4.78 is 0. The van der Waals surface area contributed by atoms with Gasteiger partial charge in [0, 0.05) is 51.2 Å².